The first kappa shape index (κ1) is 13.8. The topological polar surface area (TPSA) is 46.5 Å². The summed E-state index contributed by atoms with van der Waals surface area (Å²) in [6.45, 7) is 2.82. The predicted molar refractivity (Wildman–Crippen MR) is 67.8 cm³/mol. The van der Waals surface area contributed by atoms with Gasteiger partial charge in [0.2, 0.25) is 0 Å². The Hall–Kier alpha value is -1.22. The molecule has 0 saturated carbocycles. The Labute approximate surface area is 106 Å². The molecule has 1 aromatic rings. The van der Waals surface area contributed by atoms with Gasteiger partial charge in [-0.25, -0.2) is 0 Å². The average Bonchev–Trinajstić information content (AvgIpc) is 2.31. The van der Waals surface area contributed by atoms with Gasteiger partial charge < -0.3 is 9.84 Å². The van der Waals surface area contributed by atoms with E-state index < -0.39 is 11.3 Å². The second-order valence-electron chi connectivity index (χ2n) is 3.86. The highest BCUT2D eigenvalue weighted by molar-refractivity contribution is 6.29. The van der Waals surface area contributed by atoms with Crippen molar-refractivity contribution in [3.8, 4) is 5.75 Å². The molecule has 0 aliphatic heterocycles. The SMILES string of the molecule is CCCCOc1ccc(CC(Cl)C(=O)O)cc1. The number of benzene rings is 1. The number of carbonyl (C=O) groups is 1. The van der Waals surface area contributed by atoms with Crippen LogP contribution in [0.1, 0.15) is 25.3 Å². The van der Waals surface area contributed by atoms with E-state index in [1.54, 1.807) is 0 Å². The van der Waals surface area contributed by atoms with Crippen molar-refractivity contribution in [1.29, 1.82) is 0 Å². The van der Waals surface area contributed by atoms with E-state index in [0.29, 0.717) is 13.0 Å². The number of alkyl halides is 1. The van der Waals surface area contributed by atoms with E-state index in [0.717, 1.165) is 24.2 Å². The summed E-state index contributed by atoms with van der Waals surface area (Å²) in [7, 11) is 0. The fourth-order valence-electron chi connectivity index (χ4n) is 1.35. The Balaban J connectivity index is 2.47. The van der Waals surface area contributed by atoms with Crippen LogP contribution in [0.2, 0.25) is 0 Å². The Kier molecular flexibility index (Phi) is 5.84. The van der Waals surface area contributed by atoms with E-state index in [4.69, 9.17) is 21.4 Å². The third-order valence-electron chi connectivity index (χ3n) is 2.37. The molecule has 1 rings (SSSR count). The standard InChI is InChI=1S/C13H17ClO3/c1-2-3-8-17-11-6-4-10(5-7-11)9-12(14)13(15)16/h4-7,12H,2-3,8-9H2,1H3,(H,15,16). The van der Waals surface area contributed by atoms with Crippen LogP contribution in [0.25, 0.3) is 0 Å². The minimum atomic E-state index is -0.991. The van der Waals surface area contributed by atoms with Gasteiger partial charge in [0.05, 0.1) is 6.61 Å². The fraction of sp³-hybridized carbons (Fsp3) is 0.462. The van der Waals surface area contributed by atoms with Gasteiger partial charge in [-0.2, -0.15) is 0 Å². The predicted octanol–water partition coefficient (Wildman–Crippen LogP) is 3.10. The monoisotopic (exact) mass is 256 g/mol. The average molecular weight is 257 g/mol. The summed E-state index contributed by atoms with van der Waals surface area (Å²) in [6.07, 6.45) is 2.46. The van der Waals surface area contributed by atoms with Crippen molar-refractivity contribution in [3.05, 3.63) is 29.8 Å². The number of ether oxygens (including phenoxy) is 1. The Bertz CT molecular complexity index is 348. The second-order valence-corrected chi connectivity index (χ2v) is 4.38. The van der Waals surface area contributed by atoms with Crippen LogP contribution < -0.4 is 4.74 Å². The van der Waals surface area contributed by atoms with Crippen molar-refractivity contribution in [2.45, 2.75) is 31.6 Å². The van der Waals surface area contributed by atoms with Gasteiger partial charge in [-0.15, -0.1) is 11.6 Å². The lowest BCUT2D eigenvalue weighted by Gasteiger charge is -2.07. The zero-order valence-corrected chi connectivity index (χ0v) is 10.6. The molecule has 0 spiro atoms. The Morgan fingerprint density at radius 1 is 1.41 bits per heavy atom. The molecule has 0 bridgehead atoms. The molecule has 0 aliphatic rings. The molecule has 1 aromatic carbocycles. The molecular formula is C13H17ClO3. The summed E-state index contributed by atoms with van der Waals surface area (Å²) in [6, 6.07) is 7.38. The first-order valence-corrected chi connectivity index (χ1v) is 6.15. The molecule has 0 aromatic heterocycles. The largest absolute Gasteiger partial charge is 0.494 e. The zero-order valence-electron chi connectivity index (χ0n) is 9.86. The summed E-state index contributed by atoms with van der Waals surface area (Å²) in [5, 5.41) is 7.81. The molecule has 1 N–H and O–H groups in total. The summed E-state index contributed by atoms with van der Waals surface area (Å²) in [4.78, 5) is 10.6. The first-order valence-electron chi connectivity index (χ1n) is 5.72. The normalized spacial score (nSPS) is 12.1. The van der Waals surface area contributed by atoms with Crippen LogP contribution in [0.5, 0.6) is 5.75 Å². The molecule has 0 heterocycles. The minimum absolute atomic E-state index is 0.326. The molecule has 1 atom stereocenters. The van der Waals surface area contributed by atoms with Gasteiger partial charge in [-0.3, -0.25) is 4.79 Å². The molecule has 17 heavy (non-hydrogen) atoms. The molecule has 1 unspecified atom stereocenters. The highest BCUT2D eigenvalue weighted by atomic mass is 35.5. The molecule has 0 amide bonds. The number of hydrogen-bond donors (Lipinski definition) is 1. The molecule has 3 nitrogen and oxygen atoms in total. The molecule has 0 radical (unpaired) electrons. The van der Waals surface area contributed by atoms with Crippen molar-refractivity contribution < 1.29 is 14.6 Å². The Morgan fingerprint density at radius 3 is 2.59 bits per heavy atom. The van der Waals surface area contributed by atoms with Crippen molar-refractivity contribution >= 4 is 17.6 Å². The van der Waals surface area contributed by atoms with Crippen LogP contribution in [-0.4, -0.2) is 23.1 Å². The first-order chi connectivity index (χ1) is 8.13. The number of rotatable bonds is 7. The maximum absolute atomic E-state index is 10.6. The zero-order chi connectivity index (χ0) is 12.7. The van der Waals surface area contributed by atoms with Crippen LogP contribution >= 0.6 is 11.6 Å². The number of carboxylic acid groups (broad SMARTS) is 1. The fourth-order valence-corrected chi connectivity index (χ4v) is 1.53. The lowest BCUT2D eigenvalue weighted by molar-refractivity contribution is -0.136. The number of carboxylic acids is 1. The number of hydrogen-bond acceptors (Lipinski definition) is 2. The van der Waals surface area contributed by atoms with E-state index in [1.165, 1.54) is 0 Å². The van der Waals surface area contributed by atoms with Crippen molar-refractivity contribution in [2.75, 3.05) is 6.61 Å². The second kappa shape index (κ2) is 7.17. The van der Waals surface area contributed by atoms with Crippen molar-refractivity contribution in [1.82, 2.24) is 0 Å². The number of unbranched alkanes of at least 4 members (excludes halogenated alkanes) is 1. The molecule has 4 heteroatoms. The molecule has 0 saturated heterocycles. The van der Waals surface area contributed by atoms with E-state index in [9.17, 15) is 4.79 Å². The molecular weight excluding hydrogens is 240 g/mol. The highest BCUT2D eigenvalue weighted by Crippen LogP contribution is 2.15. The molecule has 94 valence electrons. The van der Waals surface area contributed by atoms with Crippen LogP contribution in [0, 0.1) is 0 Å². The van der Waals surface area contributed by atoms with Gasteiger partial charge in [0.1, 0.15) is 11.1 Å². The van der Waals surface area contributed by atoms with Gasteiger partial charge in [-0.1, -0.05) is 25.5 Å². The maximum Gasteiger partial charge on any atom is 0.321 e. The van der Waals surface area contributed by atoms with Crippen LogP contribution in [0.15, 0.2) is 24.3 Å². The smallest absolute Gasteiger partial charge is 0.321 e. The van der Waals surface area contributed by atoms with Crippen LogP contribution in [0.3, 0.4) is 0 Å². The van der Waals surface area contributed by atoms with Crippen LogP contribution in [0.4, 0.5) is 0 Å². The third-order valence-corrected chi connectivity index (χ3v) is 2.71. The summed E-state index contributed by atoms with van der Waals surface area (Å²) in [5.74, 6) is -0.182. The van der Waals surface area contributed by atoms with Gasteiger partial charge in [0.25, 0.3) is 0 Å². The van der Waals surface area contributed by atoms with Crippen molar-refractivity contribution in [2.24, 2.45) is 0 Å². The van der Waals surface area contributed by atoms with Crippen LogP contribution in [-0.2, 0) is 11.2 Å². The van der Waals surface area contributed by atoms with E-state index in [2.05, 4.69) is 6.92 Å². The van der Waals surface area contributed by atoms with Gasteiger partial charge in [-0.05, 0) is 30.5 Å². The van der Waals surface area contributed by atoms with E-state index >= 15 is 0 Å². The summed E-state index contributed by atoms with van der Waals surface area (Å²) >= 11 is 5.66. The quantitative estimate of drug-likeness (QED) is 0.602. The lowest BCUT2D eigenvalue weighted by Crippen LogP contribution is -2.15. The molecule has 0 fully saturated rings. The summed E-state index contributed by atoms with van der Waals surface area (Å²) in [5.41, 5.74) is 0.898. The minimum Gasteiger partial charge on any atom is -0.494 e. The summed E-state index contributed by atoms with van der Waals surface area (Å²) < 4.78 is 5.50. The maximum atomic E-state index is 10.6. The lowest BCUT2D eigenvalue weighted by atomic mass is 10.1. The number of aliphatic carboxylic acids is 1. The van der Waals surface area contributed by atoms with Gasteiger partial charge >= 0.3 is 5.97 Å². The van der Waals surface area contributed by atoms with Gasteiger partial charge in [0, 0.05) is 0 Å². The van der Waals surface area contributed by atoms with Crippen molar-refractivity contribution in [3.63, 3.8) is 0 Å². The van der Waals surface area contributed by atoms with E-state index in [-0.39, 0.29) is 0 Å². The third kappa shape index (κ3) is 5.09. The highest BCUT2D eigenvalue weighted by Gasteiger charge is 2.13. The van der Waals surface area contributed by atoms with Gasteiger partial charge in [0.15, 0.2) is 0 Å². The molecule has 0 aliphatic carbocycles. The number of halogens is 1. The van der Waals surface area contributed by atoms with E-state index in [1.807, 2.05) is 24.3 Å². The Morgan fingerprint density at radius 2 is 2.06 bits per heavy atom.